The molecular weight excluding hydrogens is 208 g/mol. The third kappa shape index (κ3) is 2.61. The molecule has 0 aromatic carbocycles. The highest BCUT2D eigenvalue weighted by molar-refractivity contribution is 5.85. The van der Waals surface area contributed by atoms with E-state index in [1.165, 1.54) is 26.1 Å². The molecule has 1 aromatic heterocycles. The van der Waals surface area contributed by atoms with Crippen LogP contribution >= 0.6 is 0 Å². The van der Waals surface area contributed by atoms with E-state index in [-0.39, 0.29) is 5.76 Å². The lowest BCUT2D eigenvalue weighted by Gasteiger charge is -2.21. The van der Waals surface area contributed by atoms with Crippen LogP contribution in [0.5, 0.6) is 0 Å². The summed E-state index contributed by atoms with van der Waals surface area (Å²) < 4.78 is 9.86. The number of methoxy groups -OCH3 is 1. The van der Waals surface area contributed by atoms with E-state index in [2.05, 4.69) is 15.0 Å². The predicted molar refractivity (Wildman–Crippen MR) is 57.2 cm³/mol. The van der Waals surface area contributed by atoms with E-state index in [0.717, 1.165) is 19.4 Å². The summed E-state index contributed by atoms with van der Waals surface area (Å²) in [5.41, 5.74) is 0. The number of piperidine rings is 1. The van der Waals surface area contributed by atoms with Gasteiger partial charge in [-0.3, -0.25) is 0 Å². The second-order valence-corrected chi connectivity index (χ2v) is 3.96. The van der Waals surface area contributed by atoms with Crippen molar-refractivity contribution in [3.8, 4) is 0 Å². The lowest BCUT2D eigenvalue weighted by Crippen LogP contribution is -2.35. The minimum absolute atomic E-state index is 0.174. The molecule has 1 N–H and O–H groups in total. The van der Waals surface area contributed by atoms with Crippen LogP contribution in [0.2, 0.25) is 0 Å². The maximum atomic E-state index is 11.1. The zero-order chi connectivity index (χ0) is 11.4. The minimum Gasteiger partial charge on any atom is -0.463 e. The summed E-state index contributed by atoms with van der Waals surface area (Å²) in [7, 11) is 1.33. The van der Waals surface area contributed by atoms with Crippen molar-refractivity contribution in [1.82, 2.24) is 10.3 Å². The Labute approximate surface area is 94.2 Å². The molecule has 1 fully saturated rings. The summed E-state index contributed by atoms with van der Waals surface area (Å²) in [6.45, 7) is 1.05. The van der Waals surface area contributed by atoms with E-state index < -0.39 is 5.97 Å². The molecular formula is C11H16N2O3. The highest BCUT2D eigenvalue weighted by atomic mass is 16.5. The molecule has 5 nitrogen and oxygen atoms in total. The van der Waals surface area contributed by atoms with Crippen molar-refractivity contribution in [2.75, 3.05) is 13.7 Å². The summed E-state index contributed by atoms with van der Waals surface area (Å²) in [6.07, 6.45) is 5.76. The summed E-state index contributed by atoms with van der Waals surface area (Å²) in [6, 6.07) is 0.415. The van der Waals surface area contributed by atoms with Gasteiger partial charge in [-0.15, -0.1) is 0 Å². The smallest absolute Gasteiger partial charge is 0.375 e. The molecule has 16 heavy (non-hydrogen) atoms. The lowest BCUT2D eigenvalue weighted by molar-refractivity contribution is 0.0562. The molecule has 1 unspecified atom stereocenters. The van der Waals surface area contributed by atoms with Crippen LogP contribution in [-0.4, -0.2) is 30.6 Å². The normalized spacial score (nSPS) is 20.7. The number of nitrogens with zero attached hydrogens (tertiary/aromatic N) is 1. The summed E-state index contributed by atoms with van der Waals surface area (Å²) >= 11 is 0. The Bertz CT molecular complexity index is 356. The SMILES string of the molecule is COC(=O)c1cnc(CC2CCCCN2)o1. The number of carbonyl (C=O) groups excluding carboxylic acids is 1. The van der Waals surface area contributed by atoms with Crippen molar-refractivity contribution in [2.24, 2.45) is 0 Å². The summed E-state index contributed by atoms with van der Waals surface area (Å²) in [5, 5.41) is 3.40. The van der Waals surface area contributed by atoms with Crippen LogP contribution in [0.1, 0.15) is 35.7 Å². The fraction of sp³-hybridized carbons (Fsp3) is 0.636. The van der Waals surface area contributed by atoms with Gasteiger partial charge in [0.1, 0.15) is 0 Å². The molecule has 0 aliphatic carbocycles. The van der Waals surface area contributed by atoms with Gasteiger partial charge in [-0.1, -0.05) is 6.42 Å². The molecule has 1 atom stereocenters. The van der Waals surface area contributed by atoms with Crippen LogP contribution in [0.15, 0.2) is 10.6 Å². The van der Waals surface area contributed by atoms with Gasteiger partial charge in [0.25, 0.3) is 0 Å². The third-order valence-corrected chi connectivity index (χ3v) is 2.77. The second-order valence-electron chi connectivity index (χ2n) is 3.96. The Morgan fingerprint density at radius 3 is 3.25 bits per heavy atom. The van der Waals surface area contributed by atoms with Crippen LogP contribution in [0.4, 0.5) is 0 Å². The van der Waals surface area contributed by atoms with E-state index in [1.807, 2.05) is 0 Å². The van der Waals surface area contributed by atoms with Crippen molar-refractivity contribution in [2.45, 2.75) is 31.7 Å². The number of hydrogen-bond acceptors (Lipinski definition) is 5. The molecule has 0 bridgehead atoms. The standard InChI is InChI=1S/C11H16N2O3/c1-15-11(14)9-7-13-10(16-9)6-8-4-2-3-5-12-8/h7-8,12H,2-6H2,1H3. The van der Waals surface area contributed by atoms with Crippen molar-refractivity contribution >= 4 is 5.97 Å². The van der Waals surface area contributed by atoms with Crippen LogP contribution in [0.3, 0.4) is 0 Å². The number of rotatable bonds is 3. The number of aromatic nitrogens is 1. The third-order valence-electron chi connectivity index (χ3n) is 2.77. The maximum Gasteiger partial charge on any atom is 0.375 e. The Hall–Kier alpha value is -1.36. The van der Waals surface area contributed by atoms with Crippen LogP contribution in [-0.2, 0) is 11.2 Å². The number of ether oxygens (including phenoxy) is 1. The molecule has 2 heterocycles. The van der Waals surface area contributed by atoms with Gasteiger partial charge < -0.3 is 14.5 Å². The van der Waals surface area contributed by atoms with Gasteiger partial charge in [0.15, 0.2) is 5.89 Å². The molecule has 0 spiro atoms. The fourth-order valence-corrected chi connectivity index (χ4v) is 1.91. The monoisotopic (exact) mass is 224 g/mol. The van der Waals surface area contributed by atoms with Crippen LogP contribution in [0, 0.1) is 0 Å². The van der Waals surface area contributed by atoms with Gasteiger partial charge in [-0.05, 0) is 19.4 Å². The number of nitrogens with one attached hydrogen (secondary N) is 1. The first-order valence-electron chi connectivity index (χ1n) is 5.56. The number of esters is 1. The van der Waals surface area contributed by atoms with Gasteiger partial charge in [-0.2, -0.15) is 0 Å². The lowest BCUT2D eigenvalue weighted by atomic mass is 10.0. The molecule has 1 aliphatic heterocycles. The molecule has 2 rings (SSSR count). The first-order chi connectivity index (χ1) is 7.79. The van der Waals surface area contributed by atoms with Gasteiger partial charge in [-0.25, -0.2) is 9.78 Å². The minimum atomic E-state index is -0.477. The molecule has 1 aliphatic rings. The van der Waals surface area contributed by atoms with Gasteiger partial charge in [0, 0.05) is 12.5 Å². The zero-order valence-corrected chi connectivity index (χ0v) is 9.36. The van der Waals surface area contributed by atoms with E-state index in [0.29, 0.717) is 11.9 Å². The Morgan fingerprint density at radius 1 is 1.69 bits per heavy atom. The average molecular weight is 224 g/mol. The summed E-state index contributed by atoms with van der Waals surface area (Å²) in [5.74, 6) is 0.295. The Balaban J connectivity index is 1.94. The van der Waals surface area contributed by atoms with Crippen molar-refractivity contribution in [3.05, 3.63) is 17.8 Å². The first-order valence-corrected chi connectivity index (χ1v) is 5.56. The van der Waals surface area contributed by atoms with Crippen molar-refractivity contribution in [1.29, 1.82) is 0 Å². The molecule has 0 amide bonds. The van der Waals surface area contributed by atoms with Crippen LogP contribution in [0.25, 0.3) is 0 Å². The van der Waals surface area contributed by atoms with Gasteiger partial charge >= 0.3 is 5.97 Å². The highest BCUT2D eigenvalue weighted by Gasteiger charge is 2.18. The molecule has 0 radical (unpaired) electrons. The molecule has 88 valence electrons. The van der Waals surface area contributed by atoms with Gasteiger partial charge in [0.2, 0.25) is 5.76 Å². The van der Waals surface area contributed by atoms with E-state index in [1.54, 1.807) is 0 Å². The molecule has 1 aromatic rings. The van der Waals surface area contributed by atoms with E-state index >= 15 is 0 Å². The Kier molecular flexibility index (Phi) is 3.56. The Morgan fingerprint density at radius 2 is 2.56 bits per heavy atom. The van der Waals surface area contributed by atoms with Crippen molar-refractivity contribution in [3.63, 3.8) is 0 Å². The fourth-order valence-electron chi connectivity index (χ4n) is 1.91. The first kappa shape index (κ1) is 11.1. The maximum absolute atomic E-state index is 11.1. The highest BCUT2D eigenvalue weighted by Crippen LogP contribution is 2.13. The number of oxazole rings is 1. The second kappa shape index (κ2) is 5.12. The van der Waals surface area contributed by atoms with E-state index in [4.69, 9.17) is 4.42 Å². The van der Waals surface area contributed by atoms with E-state index in [9.17, 15) is 4.79 Å². The predicted octanol–water partition coefficient (Wildman–Crippen LogP) is 1.15. The molecule has 0 saturated carbocycles. The molecule has 5 heteroatoms. The average Bonchev–Trinajstić information content (AvgIpc) is 2.78. The zero-order valence-electron chi connectivity index (χ0n) is 9.36. The topological polar surface area (TPSA) is 64.4 Å². The van der Waals surface area contributed by atoms with Crippen molar-refractivity contribution < 1.29 is 13.9 Å². The number of hydrogen-bond donors (Lipinski definition) is 1. The number of carbonyl (C=O) groups is 1. The van der Waals surface area contributed by atoms with Gasteiger partial charge in [0.05, 0.1) is 13.3 Å². The quantitative estimate of drug-likeness (QED) is 0.780. The summed E-state index contributed by atoms with van der Waals surface area (Å²) in [4.78, 5) is 15.2. The molecule has 1 saturated heterocycles. The largest absolute Gasteiger partial charge is 0.463 e. The van der Waals surface area contributed by atoms with Crippen LogP contribution < -0.4 is 5.32 Å².